The van der Waals surface area contributed by atoms with E-state index in [0.717, 1.165) is 11.4 Å². The molecule has 0 aliphatic rings. The Labute approximate surface area is 398 Å². The molecule has 0 spiro atoms. The Morgan fingerprint density at radius 3 is 1.28 bits per heavy atom. The van der Waals surface area contributed by atoms with Gasteiger partial charge in [0.25, 0.3) is 0 Å². The van der Waals surface area contributed by atoms with Gasteiger partial charge in [0.15, 0.2) is 0 Å². The fourth-order valence-electron chi connectivity index (χ4n) is 5.35. The number of hydrogen-bond donors (Lipinski definition) is 0. The number of hydrogen-bond acceptors (Lipinski definition) is 14. The van der Waals surface area contributed by atoms with E-state index < -0.39 is 11.9 Å². The molecule has 0 atom stereocenters. The van der Waals surface area contributed by atoms with Crippen LogP contribution in [0.4, 0.5) is 0 Å². The third-order valence-corrected chi connectivity index (χ3v) is 13.1. The van der Waals surface area contributed by atoms with Crippen molar-refractivity contribution in [2.45, 2.75) is 73.6 Å². The second-order valence-electron chi connectivity index (χ2n) is 12.5. The van der Waals surface area contributed by atoms with Gasteiger partial charge in [-0.1, -0.05) is 76.8 Å². The van der Waals surface area contributed by atoms with Gasteiger partial charge < -0.3 is 30.6 Å². The molecule has 6 rings (SSSR count). The molecule has 0 saturated carbocycles. The van der Waals surface area contributed by atoms with Crippen LogP contribution in [0.2, 0.25) is 0 Å². The number of isothiocyanates is 2. The van der Waals surface area contributed by atoms with E-state index in [1.807, 2.05) is 58.6 Å². The van der Waals surface area contributed by atoms with Crippen LogP contribution in [0.3, 0.4) is 0 Å². The van der Waals surface area contributed by atoms with Crippen LogP contribution in [0.1, 0.15) is 87.4 Å². The maximum Gasteiger partial charge on any atom is 2.00 e. The largest absolute Gasteiger partial charge is 2.00 e. The molecule has 61 heavy (non-hydrogen) atoms. The Morgan fingerprint density at radius 1 is 0.590 bits per heavy atom. The van der Waals surface area contributed by atoms with Crippen molar-refractivity contribution < 1.29 is 40.7 Å². The van der Waals surface area contributed by atoms with Gasteiger partial charge in [-0.3, -0.25) is 19.9 Å². The summed E-state index contributed by atoms with van der Waals surface area (Å²) in [4.78, 5) is 41.2. The monoisotopic (exact) mass is 1010 g/mol. The van der Waals surface area contributed by atoms with Gasteiger partial charge in [0.1, 0.15) is 0 Å². The van der Waals surface area contributed by atoms with Crippen LogP contribution in [0.25, 0.3) is 54.5 Å². The van der Waals surface area contributed by atoms with Crippen LogP contribution >= 0.6 is 70.6 Å². The van der Waals surface area contributed by atoms with E-state index in [-0.39, 0.29) is 43.4 Å². The van der Waals surface area contributed by atoms with Gasteiger partial charge in [-0.25, -0.2) is 0 Å². The molecule has 0 fully saturated rings. The number of nitrogens with zero attached hydrogens (tertiary/aromatic N) is 6. The number of carbonyl (C=O) groups is 2. The number of aromatic carboxylic acids is 2. The molecule has 0 aromatic carbocycles. The second kappa shape index (κ2) is 30.8. The Balaban J connectivity index is 0.000000620. The quantitative estimate of drug-likeness (QED) is 0.0262. The molecule has 0 unspecified atom stereocenters. The zero-order chi connectivity index (χ0) is 43.5. The van der Waals surface area contributed by atoms with E-state index in [1.165, 1.54) is 139 Å². The third kappa shape index (κ3) is 19.2. The molecule has 0 saturated heterocycles. The Bertz CT molecular complexity index is 2170. The van der Waals surface area contributed by atoms with Crippen molar-refractivity contribution in [2.75, 3.05) is 11.5 Å². The SMILES string of the molecule is CCCCCCSc1ccc(-c2ccnc(-c3cc(-c4ccc(SCCCCCC)s4)ccn3)c2)s1.O=C([O-])c1ccnc(-c2cc(C(=O)[O-])ccn2)c1.[H+].[N-]=C=S.[N-]=C=S.[Ru+2]. The van der Waals surface area contributed by atoms with E-state index >= 15 is 0 Å². The van der Waals surface area contributed by atoms with Crippen LogP contribution in [-0.4, -0.2) is 53.7 Å². The molecule has 0 radical (unpaired) electrons. The summed E-state index contributed by atoms with van der Waals surface area (Å²) in [6.07, 6.45) is 17.0. The van der Waals surface area contributed by atoms with Gasteiger partial charge in [0.2, 0.25) is 0 Å². The Kier molecular flexibility index (Phi) is 26.8. The molecule has 10 nitrogen and oxygen atoms in total. The Morgan fingerprint density at radius 2 is 0.934 bits per heavy atom. The summed E-state index contributed by atoms with van der Waals surface area (Å²) >= 11 is 15.1. The van der Waals surface area contributed by atoms with E-state index in [4.69, 9.17) is 10.8 Å². The summed E-state index contributed by atoms with van der Waals surface area (Å²) in [5, 5.41) is 38.3. The van der Waals surface area contributed by atoms with E-state index in [0.29, 0.717) is 0 Å². The van der Waals surface area contributed by atoms with Crippen LogP contribution in [0, 0.1) is 0 Å². The average molecular weight is 1010 g/mol. The van der Waals surface area contributed by atoms with Crippen LogP contribution in [0.5, 0.6) is 0 Å². The summed E-state index contributed by atoms with van der Waals surface area (Å²) in [6, 6.07) is 22.7. The first-order chi connectivity index (χ1) is 29.2. The minimum Gasteiger partial charge on any atom is -0.753 e. The third-order valence-electron chi connectivity index (χ3n) is 8.25. The Hall–Kier alpha value is -4.14. The molecular weight excluding hydrogens is 970 g/mol. The number of thiocarbonyl (C=S) groups is 2. The molecule has 0 aliphatic carbocycles. The van der Waals surface area contributed by atoms with Crippen molar-refractivity contribution in [2.24, 2.45) is 0 Å². The molecule has 318 valence electrons. The van der Waals surface area contributed by atoms with Crippen LogP contribution in [0.15, 0.2) is 106 Å². The molecule has 17 heteroatoms. The van der Waals surface area contributed by atoms with Crippen molar-refractivity contribution in [3.05, 3.63) is 120 Å². The maximum atomic E-state index is 10.7. The molecule has 6 heterocycles. The fourth-order valence-corrected chi connectivity index (χ4v) is 9.76. The molecule has 0 N–H and O–H groups in total. The number of unbranched alkanes of at least 4 members (excludes halogenated alkanes) is 6. The minimum absolute atomic E-state index is 0. The zero-order valence-electron chi connectivity index (χ0n) is 34.4. The first-order valence-electron chi connectivity index (χ1n) is 18.9. The number of rotatable bonds is 18. The molecule has 0 aliphatic heterocycles. The fraction of sp³-hybridized carbons (Fsp3) is 0.273. The molecule has 0 amide bonds. The van der Waals surface area contributed by atoms with Crippen LogP contribution < -0.4 is 10.2 Å². The van der Waals surface area contributed by atoms with Gasteiger partial charge in [-0.05, 0) is 108 Å². The number of aromatic nitrogens is 4. The number of carboxylic acid groups (broad SMARTS) is 2. The molecule has 0 bridgehead atoms. The predicted octanol–water partition coefficient (Wildman–Crippen LogP) is 11.2. The molecule has 6 aromatic rings. The molecule has 6 aromatic heterocycles. The van der Waals surface area contributed by atoms with Gasteiger partial charge in [0.05, 0.1) is 43.1 Å². The van der Waals surface area contributed by atoms with Crippen molar-refractivity contribution in [3.63, 3.8) is 0 Å². The standard InChI is InChI=1S/C30H36N2S4.C12H8N2O4.2CNS.Ru/c1-3-5-7-9-19-33-29-13-11-27(35-29)23-15-17-31-25(21-23)26-22-24(16-18-32-26)28-12-14-30(36-28)34-20-10-8-6-4-2;15-11(16)7-1-3-13-9(5-7)10-6-8(12(17)18)2-4-14-10;2*2-1-3;/h11-18,21-22H,3-10,19-20H2,1-2H3;1-6H,(H,15,16)(H,17,18);;;/q;;2*-1;+2/p-1. The topological polar surface area (TPSA) is 176 Å². The van der Waals surface area contributed by atoms with Crippen LogP contribution in [-0.2, 0) is 19.5 Å². The summed E-state index contributed by atoms with van der Waals surface area (Å²) in [5.41, 5.74) is 4.68. The zero-order valence-corrected chi connectivity index (χ0v) is 40.1. The summed E-state index contributed by atoms with van der Waals surface area (Å²) in [6.45, 7) is 4.53. The average Bonchev–Trinajstić information content (AvgIpc) is 3.95. The van der Waals surface area contributed by atoms with Gasteiger partial charge >= 0.3 is 20.9 Å². The number of thiophene rings is 2. The smallest absolute Gasteiger partial charge is 0.753 e. The predicted molar refractivity (Wildman–Crippen MR) is 253 cm³/mol. The number of carbonyl (C=O) groups excluding carboxylic acids is 2. The van der Waals surface area contributed by atoms with Crippen molar-refractivity contribution in [1.29, 1.82) is 0 Å². The number of pyridine rings is 4. The van der Waals surface area contributed by atoms with Crippen molar-refractivity contribution in [1.82, 2.24) is 19.9 Å². The van der Waals surface area contributed by atoms with Crippen molar-refractivity contribution in [3.8, 4) is 43.7 Å². The number of thioether (sulfide) groups is 2. The van der Waals surface area contributed by atoms with Gasteiger partial charge in [-0.15, -0.1) is 46.2 Å². The van der Waals surface area contributed by atoms with E-state index in [2.05, 4.69) is 107 Å². The first-order valence-corrected chi connectivity index (χ1v) is 23.4. The summed E-state index contributed by atoms with van der Waals surface area (Å²) in [7, 11) is 0. The normalized spacial score (nSPS) is 9.87. The second-order valence-corrected chi connectivity index (χ2v) is 17.9. The number of carboxylic acids is 2. The first kappa shape index (κ1) is 53.0. The molecular formula is C44H43N6O4RuS6-. The van der Waals surface area contributed by atoms with E-state index in [9.17, 15) is 19.8 Å². The summed E-state index contributed by atoms with van der Waals surface area (Å²) in [5.74, 6) is -0.260. The van der Waals surface area contributed by atoms with E-state index in [1.54, 1.807) is 0 Å². The summed E-state index contributed by atoms with van der Waals surface area (Å²) < 4.78 is 2.80. The van der Waals surface area contributed by atoms with Gasteiger partial charge in [0, 0.05) is 45.7 Å². The maximum absolute atomic E-state index is 10.7. The minimum atomic E-state index is -1.34. The van der Waals surface area contributed by atoms with Gasteiger partial charge in [-0.2, -0.15) is 10.3 Å². The van der Waals surface area contributed by atoms with Crippen molar-refractivity contribution >= 4 is 92.9 Å².